The fourth-order valence-electron chi connectivity index (χ4n) is 2.72. The van der Waals surface area contributed by atoms with Gasteiger partial charge in [-0.15, -0.1) is 0 Å². The summed E-state index contributed by atoms with van der Waals surface area (Å²) in [5.74, 6) is -0.288. The topological polar surface area (TPSA) is 96.1 Å². The number of rotatable bonds is 5. The average molecular weight is 399 g/mol. The molecule has 144 valence electrons. The van der Waals surface area contributed by atoms with Gasteiger partial charge in [0.25, 0.3) is 11.8 Å². The minimum atomic E-state index is -0.390. The van der Waals surface area contributed by atoms with Crippen molar-refractivity contribution in [1.29, 1.82) is 0 Å². The van der Waals surface area contributed by atoms with E-state index in [0.29, 0.717) is 39.0 Å². The molecular formula is C20H19ClN4O3. The highest BCUT2D eigenvalue weighted by Gasteiger charge is 2.15. The van der Waals surface area contributed by atoms with Gasteiger partial charge < -0.3 is 15.4 Å². The number of aromatic amines is 1. The Morgan fingerprint density at radius 1 is 1.07 bits per heavy atom. The molecule has 0 aliphatic carbocycles. The number of hydrogen-bond acceptors (Lipinski definition) is 4. The molecule has 0 fully saturated rings. The van der Waals surface area contributed by atoms with Crippen molar-refractivity contribution < 1.29 is 14.3 Å². The van der Waals surface area contributed by atoms with Crippen molar-refractivity contribution in [3.8, 4) is 5.75 Å². The summed E-state index contributed by atoms with van der Waals surface area (Å²) in [5, 5.41) is 12.9. The summed E-state index contributed by atoms with van der Waals surface area (Å²) in [6.07, 6.45) is 0. The van der Waals surface area contributed by atoms with Crippen molar-refractivity contribution in [2.75, 3.05) is 17.7 Å². The van der Waals surface area contributed by atoms with Crippen LogP contribution in [0, 0.1) is 13.8 Å². The van der Waals surface area contributed by atoms with Gasteiger partial charge in [0, 0.05) is 16.3 Å². The highest BCUT2D eigenvalue weighted by molar-refractivity contribution is 6.31. The monoisotopic (exact) mass is 398 g/mol. The van der Waals surface area contributed by atoms with Gasteiger partial charge in [-0.2, -0.15) is 5.10 Å². The second-order valence-electron chi connectivity index (χ2n) is 6.14. The van der Waals surface area contributed by atoms with Crippen LogP contribution in [0.4, 0.5) is 11.4 Å². The summed E-state index contributed by atoms with van der Waals surface area (Å²) < 4.78 is 5.21. The molecule has 3 N–H and O–H groups in total. The van der Waals surface area contributed by atoms with Gasteiger partial charge in [-0.1, -0.05) is 17.7 Å². The van der Waals surface area contributed by atoms with E-state index >= 15 is 0 Å². The van der Waals surface area contributed by atoms with E-state index in [2.05, 4.69) is 20.8 Å². The molecular weight excluding hydrogens is 380 g/mol. The summed E-state index contributed by atoms with van der Waals surface area (Å²) in [5.41, 5.74) is 3.28. The highest BCUT2D eigenvalue weighted by atomic mass is 35.5. The van der Waals surface area contributed by atoms with E-state index in [1.54, 1.807) is 43.3 Å². The molecule has 0 saturated heterocycles. The number of aryl methyl sites for hydroxylation is 2. The summed E-state index contributed by atoms with van der Waals surface area (Å²) in [4.78, 5) is 25.2. The fourth-order valence-corrected chi connectivity index (χ4v) is 2.89. The van der Waals surface area contributed by atoms with Gasteiger partial charge in [-0.25, -0.2) is 0 Å². The molecule has 0 radical (unpaired) electrons. The maximum Gasteiger partial charge on any atom is 0.259 e. The summed E-state index contributed by atoms with van der Waals surface area (Å²) in [7, 11) is 1.48. The molecule has 3 rings (SSSR count). The van der Waals surface area contributed by atoms with Crippen LogP contribution >= 0.6 is 11.6 Å². The third-order valence-electron chi connectivity index (χ3n) is 4.16. The molecule has 28 heavy (non-hydrogen) atoms. The minimum Gasteiger partial charge on any atom is -0.496 e. The van der Waals surface area contributed by atoms with Crippen LogP contribution in [0.15, 0.2) is 42.5 Å². The molecule has 8 heteroatoms. The number of amides is 2. The van der Waals surface area contributed by atoms with Crippen LogP contribution in [0.1, 0.15) is 32.1 Å². The zero-order valence-corrected chi connectivity index (χ0v) is 16.3. The lowest BCUT2D eigenvalue weighted by Crippen LogP contribution is -2.15. The number of nitrogens with zero attached hydrogens (tertiary/aromatic N) is 1. The first kappa shape index (κ1) is 19.4. The van der Waals surface area contributed by atoms with Crippen LogP contribution < -0.4 is 15.4 Å². The zero-order valence-electron chi connectivity index (χ0n) is 15.6. The molecule has 0 aliphatic rings. The van der Waals surface area contributed by atoms with Crippen LogP contribution in [0.5, 0.6) is 5.75 Å². The maximum absolute atomic E-state index is 12.6. The Morgan fingerprint density at radius 2 is 1.86 bits per heavy atom. The van der Waals surface area contributed by atoms with Gasteiger partial charge in [0.15, 0.2) is 0 Å². The normalized spacial score (nSPS) is 10.4. The number of benzene rings is 2. The van der Waals surface area contributed by atoms with Gasteiger partial charge in [0.2, 0.25) is 0 Å². The average Bonchev–Trinajstić information content (AvgIpc) is 3.00. The molecule has 0 saturated carbocycles. The lowest BCUT2D eigenvalue weighted by Gasteiger charge is -2.11. The quantitative estimate of drug-likeness (QED) is 0.600. The fraction of sp³-hybridized carbons (Fsp3) is 0.150. The largest absolute Gasteiger partial charge is 0.496 e. The molecule has 1 aromatic heterocycles. The van der Waals surface area contributed by atoms with Crippen molar-refractivity contribution >= 4 is 34.8 Å². The Labute approximate surface area is 167 Å². The maximum atomic E-state index is 12.6. The van der Waals surface area contributed by atoms with Crippen LogP contribution in [0.3, 0.4) is 0 Å². The lowest BCUT2D eigenvalue weighted by atomic mass is 10.1. The van der Waals surface area contributed by atoms with E-state index in [9.17, 15) is 9.59 Å². The van der Waals surface area contributed by atoms with Gasteiger partial charge in [0.05, 0.1) is 29.7 Å². The molecule has 0 aliphatic heterocycles. The Kier molecular flexibility index (Phi) is 5.65. The van der Waals surface area contributed by atoms with Gasteiger partial charge in [-0.05, 0) is 50.2 Å². The second kappa shape index (κ2) is 8.14. The van der Waals surface area contributed by atoms with E-state index in [-0.39, 0.29) is 5.91 Å². The van der Waals surface area contributed by atoms with E-state index in [1.165, 1.54) is 13.2 Å². The Bertz CT molecular complexity index is 1030. The highest BCUT2D eigenvalue weighted by Crippen LogP contribution is 2.24. The van der Waals surface area contributed by atoms with Crippen LogP contribution in [-0.2, 0) is 0 Å². The Morgan fingerprint density at radius 3 is 2.54 bits per heavy atom. The standard InChI is InChI=1S/C20H19ClN4O3/c1-11-18(12(2)25-24-11)23-19(26)13-5-4-6-15(9-13)22-20(27)16-10-14(21)7-8-17(16)28-3/h4-10H,1-3H3,(H,22,27)(H,23,26)(H,24,25). The number of halogens is 1. The van der Waals surface area contributed by atoms with Crippen molar-refractivity contribution in [3.05, 3.63) is 70.0 Å². The number of hydrogen-bond donors (Lipinski definition) is 3. The van der Waals surface area contributed by atoms with Crippen LogP contribution in [-0.4, -0.2) is 29.1 Å². The van der Waals surface area contributed by atoms with Gasteiger partial charge in [-0.3, -0.25) is 14.7 Å². The first-order valence-electron chi connectivity index (χ1n) is 8.47. The smallest absolute Gasteiger partial charge is 0.259 e. The van der Waals surface area contributed by atoms with Crippen molar-refractivity contribution in [2.45, 2.75) is 13.8 Å². The Hall–Kier alpha value is -3.32. The first-order valence-corrected chi connectivity index (χ1v) is 8.84. The number of H-pyrrole nitrogens is 1. The number of ether oxygens (including phenoxy) is 1. The van der Waals surface area contributed by atoms with E-state index < -0.39 is 5.91 Å². The molecule has 2 aromatic carbocycles. The number of nitrogens with one attached hydrogen (secondary N) is 3. The number of methoxy groups -OCH3 is 1. The molecule has 0 spiro atoms. The predicted octanol–water partition coefficient (Wildman–Crippen LogP) is 4.19. The number of carbonyl (C=O) groups excluding carboxylic acids is 2. The van der Waals surface area contributed by atoms with Crippen molar-refractivity contribution in [3.63, 3.8) is 0 Å². The van der Waals surface area contributed by atoms with Crippen LogP contribution in [0.2, 0.25) is 5.02 Å². The zero-order chi connectivity index (χ0) is 20.3. The van der Waals surface area contributed by atoms with E-state index in [0.717, 1.165) is 5.69 Å². The molecule has 3 aromatic rings. The Balaban J connectivity index is 1.79. The third-order valence-corrected chi connectivity index (χ3v) is 4.39. The molecule has 0 unspecified atom stereocenters. The third kappa shape index (κ3) is 4.15. The molecule has 2 amide bonds. The SMILES string of the molecule is COc1ccc(Cl)cc1C(=O)Nc1cccc(C(=O)Nc2c(C)n[nH]c2C)c1. The molecule has 1 heterocycles. The number of aromatic nitrogens is 2. The van der Waals surface area contributed by atoms with Crippen molar-refractivity contribution in [2.24, 2.45) is 0 Å². The summed E-state index contributed by atoms with van der Waals surface area (Å²) in [6.45, 7) is 3.62. The van der Waals surface area contributed by atoms with Crippen molar-refractivity contribution in [1.82, 2.24) is 10.2 Å². The second-order valence-corrected chi connectivity index (χ2v) is 6.58. The first-order chi connectivity index (χ1) is 13.4. The number of anilines is 2. The van der Waals surface area contributed by atoms with Crippen LogP contribution in [0.25, 0.3) is 0 Å². The summed E-state index contributed by atoms with van der Waals surface area (Å²) in [6, 6.07) is 11.4. The molecule has 0 bridgehead atoms. The minimum absolute atomic E-state index is 0.300. The molecule has 7 nitrogen and oxygen atoms in total. The summed E-state index contributed by atoms with van der Waals surface area (Å²) >= 11 is 5.98. The number of carbonyl (C=O) groups is 2. The van der Waals surface area contributed by atoms with Gasteiger partial charge >= 0.3 is 0 Å². The molecule has 0 atom stereocenters. The van der Waals surface area contributed by atoms with Gasteiger partial charge in [0.1, 0.15) is 5.75 Å². The predicted molar refractivity (Wildman–Crippen MR) is 108 cm³/mol. The van der Waals surface area contributed by atoms with E-state index in [4.69, 9.17) is 16.3 Å². The van der Waals surface area contributed by atoms with E-state index in [1.807, 2.05) is 6.92 Å². The lowest BCUT2D eigenvalue weighted by molar-refractivity contribution is 0.101.